The molecule has 2 heteroatoms. The van der Waals surface area contributed by atoms with Crippen molar-refractivity contribution in [3.8, 4) is 0 Å². The number of aromatic amines is 1. The largest absolute Gasteiger partial charge is 0.356 e. The number of rotatable bonds is 1. The lowest BCUT2D eigenvalue weighted by molar-refractivity contribution is 0.636. The summed E-state index contributed by atoms with van der Waals surface area (Å²) in [5.74, 6) is -0.150. The molecule has 0 radical (unpaired) electrons. The number of benzene rings is 1. The molecule has 0 aliphatic heterocycles. The normalized spacial score (nSPS) is 11.1. The van der Waals surface area contributed by atoms with Crippen molar-refractivity contribution in [3.05, 3.63) is 34.8 Å². The number of hydrogen-bond donors (Lipinski definition) is 1. The Morgan fingerprint density at radius 1 is 1.29 bits per heavy atom. The van der Waals surface area contributed by atoms with Crippen LogP contribution >= 0.6 is 0 Å². The van der Waals surface area contributed by atoms with Crippen molar-refractivity contribution in [3.63, 3.8) is 0 Å². The maximum atomic E-state index is 13.5. The number of H-pyrrole nitrogens is 1. The van der Waals surface area contributed by atoms with Gasteiger partial charge in [0.2, 0.25) is 0 Å². The Kier molecular flexibility index (Phi) is 2.06. The molecule has 0 aliphatic rings. The maximum Gasteiger partial charge on any atom is 0.147 e. The summed E-state index contributed by atoms with van der Waals surface area (Å²) in [4.78, 5) is 3.10. The number of nitrogens with one attached hydrogen (secondary N) is 1. The molecule has 0 aliphatic carbocycles. The average Bonchev–Trinajstić information content (AvgIpc) is 2.41. The molecule has 1 aromatic heterocycles. The van der Waals surface area contributed by atoms with Crippen LogP contribution in [-0.4, -0.2) is 4.98 Å². The Balaban J connectivity index is 2.87. The van der Waals surface area contributed by atoms with E-state index in [1.54, 1.807) is 6.07 Å². The molecular formula is C12H14FN. The molecule has 0 spiro atoms. The molecule has 14 heavy (non-hydrogen) atoms. The third-order valence-corrected chi connectivity index (χ3v) is 2.68. The van der Waals surface area contributed by atoms with Gasteiger partial charge in [-0.15, -0.1) is 0 Å². The molecular weight excluding hydrogens is 177 g/mol. The van der Waals surface area contributed by atoms with Crippen LogP contribution < -0.4 is 0 Å². The molecule has 0 bridgehead atoms. The smallest absolute Gasteiger partial charge is 0.147 e. The lowest BCUT2D eigenvalue weighted by Crippen LogP contribution is -1.82. The fourth-order valence-electron chi connectivity index (χ4n) is 2.03. The highest BCUT2D eigenvalue weighted by molar-refractivity contribution is 5.85. The minimum absolute atomic E-state index is 0.150. The third kappa shape index (κ3) is 1.22. The number of aryl methyl sites for hydroxylation is 3. The SMILES string of the molecule is CCc1c(C)[nH]c2c(F)cc(C)cc12. The van der Waals surface area contributed by atoms with Crippen molar-refractivity contribution in [1.82, 2.24) is 4.98 Å². The first-order chi connectivity index (χ1) is 6.63. The first-order valence-electron chi connectivity index (χ1n) is 4.90. The molecule has 0 saturated carbocycles. The van der Waals surface area contributed by atoms with E-state index in [0.717, 1.165) is 23.1 Å². The second-order valence-electron chi connectivity index (χ2n) is 3.75. The van der Waals surface area contributed by atoms with Crippen molar-refractivity contribution in [2.75, 3.05) is 0 Å². The summed E-state index contributed by atoms with van der Waals surface area (Å²) in [5, 5.41) is 1.03. The van der Waals surface area contributed by atoms with Gasteiger partial charge in [0.1, 0.15) is 5.82 Å². The van der Waals surface area contributed by atoms with Crippen LogP contribution in [0.2, 0.25) is 0 Å². The Hall–Kier alpha value is -1.31. The van der Waals surface area contributed by atoms with E-state index in [1.807, 2.05) is 19.9 Å². The lowest BCUT2D eigenvalue weighted by atomic mass is 10.1. The van der Waals surface area contributed by atoms with Crippen molar-refractivity contribution in [2.45, 2.75) is 27.2 Å². The van der Waals surface area contributed by atoms with E-state index in [1.165, 1.54) is 5.56 Å². The summed E-state index contributed by atoms with van der Waals surface area (Å²) in [6.45, 7) is 6.01. The molecule has 2 rings (SSSR count). The Morgan fingerprint density at radius 2 is 2.00 bits per heavy atom. The van der Waals surface area contributed by atoms with Crippen molar-refractivity contribution >= 4 is 10.9 Å². The molecule has 74 valence electrons. The molecule has 1 N–H and O–H groups in total. The zero-order chi connectivity index (χ0) is 10.3. The number of aromatic nitrogens is 1. The van der Waals surface area contributed by atoms with Gasteiger partial charge in [-0.1, -0.05) is 6.92 Å². The van der Waals surface area contributed by atoms with Gasteiger partial charge in [0.15, 0.2) is 0 Å². The van der Waals surface area contributed by atoms with Crippen LogP contribution in [-0.2, 0) is 6.42 Å². The minimum Gasteiger partial charge on any atom is -0.356 e. The molecule has 1 nitrogen and oxygen atoms in total. The van der Waals surface area contributed by atoms with Gasteiger partial charge in [-0.05, 0) is 43.5 Å². The van der Waals surface area contributed by atoms with Crippen LogP contribution in [0.25, 0.3) is 10.9 Å². The maximum absolute atomic E-state index is 13.5. The van der Waals surface area contributed by atoms with Crippen LogP contribution in [0.1, 0.15) is 23.7 Å². The Morgan fingerprint density at radius 3 is 2.64 bits per heavy atom. The van der Waals surface area contributed by atoms with Crippen LogP contribution in [0.4, 0.5) is 4.39 Å². The summed E-state index contributed by atoms with van der Waals surface area (Å²) in [6.07, 6.45) is 0.939. The van der Waals surface area contributed by atoms with E-state index < -0.39 is 0 Å². The predicted molar refractivity (Wildman–Crippen MR) is 57.1 cm³/mol. The standard InChI is InChI=1S/C12H14FN/c1-4-9-8(3)14-12-10(9)5-7(2)6-11(12)13/h5-6,14H,4H2,1-3H3. The van der Waals surface area contributed by atoms with Crippen LogP contribution in [0.15, 0.2) is 12.1 Å². The zero-order valence-corrected chi connectivity index (χ0v) is 8.74. The minimum atomic E-state index is -0.150. The number of fused-ring (bicyclic) bond motifs is 1. The van der Waals surface area contributed by atoms with E-state index in [4.69, 9.17) is 0 Å². The third-order valence-electron chi connectivity index (χ3n) is 2.68. The first-order valence-corrected chi connectivity index (χ1v) is 4.90. The number of hydrogen-bond acceptors (Lipinski definition) is 0. The predicted octanol–water partition coefficient (Wildman–Crippen LogP) is 3.49. The van der Waals surface area contributed by atoms with Crippen molar-refractivity contribution < 1.29 is 4.39 Å². The zero-order valence-electron chi connectivity index (χ0n) is 8.74. The highest BCUT2D eigenvalue weighted by Gasteiger charge is 2.10. The van der Waals surface area contributed by atoms with Crippen LogP contribution in [0.3, 0.4) is 0 Å². The van der Waals surface area contributed by atoms with Gasteiger partial charge in [0, 0.05) is 11.1 Å². The summed E-state index contributed by atoms with van der Waals surface area (Å²) in [6, 6.07) is 3.61. The fourth-order valence-corrected chi connectivity index (χ4v) is 2.03. The summed E-state index contributed by atoms with van der Waals surface area (Å²) in [5.41, 5.74) is 3.92. The molecule has 1 aromatic carbocycles. The fraction of sp³-hybridized carbons (Fsp3) is 0.333. The lowest BCUT2D eigenvalue weighted by Gasteiger charge is -1.98. The van der Waals surface area contributed by atoms with Gasteiger partial charge in [-0.25, -0.2) is 4.39 Å². The van der Waals surface area contributed by atoms with Gasteiger partial charge in [-0.3, -0.25) is 0 Å². The highest BCUT2D eigenvalue weighted by atomic mass is 19.1. The van der Waals surface area contributed by atoms with E-state index in [-0.39, 0.29) is 5.82 Å². The molecule has 2 aromatic rings. The average molecular weight is 191 g/mol. The first kappa shape index (κ1) is 9.25. The van der Waals surface area contributed by atoms with E-state index in [2.05, 4.69) is 11.9 Å². The molecule has 0 saturated heterocycles. The molecule has 0 amide bonds. The summed E-state index contributed by atoms with van der Waals surface area (Å²) < 4.78 is 13.5. The Labute approximate surface area is 82.9 Å². The van der Waals surface area contributed by atoms with Crippen LogP contribution in [0, 0.1) is 19.7 Å². The molecule has 0 atom stereocenters. The van der Waals surface area contributed by atoms with Gasteiger partial charge < -0.3 is 4.98 Å². The van der Waals surface area contributed by atoms with Gasteiger partial charge in [0.05, 0.1) is 5.52 Å². The van der Waals surface area contributed by atoms with Crippen LogP contribution in [0.5, 0.6) is 0 Å². The summed E-state index contributed by atoms with van der Waals surface area (Å²) >= 11 is 0. The topological polar surface area (TPSA) is 15.8 Å². The molecule has 1 heterocycles. The second kappa shape index (κ2) is 3.12. The van der Waals surface area contributed by atoms with E-state index >= 15 is 0 Å². The Bertz CT molecular complexity index is 483. The van der Waals surface area contributed by atoms with E-state index in [0.29, 0.717) is 5.52 Å². The van der Waals surface area contributed by atoms with Gasteiger partial charge in [0.25, 0.3) is 0 Å². The summed E-state index contributed by atoms with van der Waals surface area (Å²) in [7, 11) is 0. The van der Waals surface area contributed by atoms with Crippen molar-refractivity contribution in [1.29, 1.82) is 0 Å². The van der Waals surface area contributed by atoms with E-state index in [9.17, 15) is 4.39 Å². The van der Waals surface area contributed by atoms with Gasteiger partial charge in [-0.2, -0.15) is 0 Å². The second-order valence-corrected chi connectivity index (χ2v) is 3.75. The highest BCUT2D eigenvalue weighted by Crippen LogP contribution is 2.25. The van der Waals surface area contributed by atoms with Gasteiger partial charge >= 0.3 is 0 Å². The quantitative estimate of drug-likeness (QED) is 0.710. The molecule has 0 fully saturated rings. The van der Waals surface area contributed by atoms with Crippen molar-refractivity contribution in [2.24, 2.45) is 0 Å². The monoisotopic (exact) mass is 191 g/mol. The number of halogens is 1. The molecule has 0 unspecified atom stereocenters.